The molecule has 1 N–H and O–H groups in total. The molecular weight excluding hydrogens is 416 g/mol. The molecule has 1 aliphatic rings. The van der Waals surface area contributed by atoms with Crippen molar-refractivity contribution in [1.82, 2.24) is 9.80 Å². The van der Waals surface area contributed by atoms with Gasteiger partial charge in [-0.2, -0.15) is 0 Å². The smallest absolute Gasteiger partial charge is 0.295 e. The number of benzene rings is 2. The Hall–Kier alpha value is -3.12. The quantitative estimate of drug-likeness (QED) is 0.344. The van der Waals surface area contributed by atoms with E-state index in [1.807, 2.05) is 56.3 Å². The van der Waals surface area contributed by atoms with Crippen molar-refractivity contribution >= 4 is 17.4 Å². The molecule has 0 aromatic heterocycles. The van der Waals surface area contributed by atoms with E-state index in [1.54, 1.807) is 23.1 Å². The molecule has 2 aromatic rings. The highest BCUT2D eigenvalue weighted by atomic mass is 16.5. The third kappa shape index (κ3) is 5.45. The van der Waals surface area contributed by atoms with Gasteiger partial charge in [-0.25, -0.2) is 0 Å². The summed E-state index contributed by atoms with van der Waals surface area (Å²) in [4.78, 5) is 29.7. The molecule has 6 heteroatoms. The lowest BCUT2D eigenvalue weighted by molar-refractivity contribution is -0.140. The average Bonchev–Trinajstić information content (AvgIpc) is 3.05. The molecule has 0 radical (unpaired) electrons. The first-order valence-electron chi connectivity index (χ1n) is 11.5. The van der Waals surface area contributed by atoms with Crippen molar-refractivity contribution in [3.63, 3.8) is 0 Å². The molecule has 0 spiro atoms. The van der Waals surface area contributed by atoms with Gasteiger partial charge in [-0.05, 0) is 49.7 Å². The number of rotatable bonds is 9. The number of ketones is 1. The molecule has 1 atom stereocenters. The lowest BCUT2D eigenvalue weighted by Gasteiger charge is -2.27. The van der Waals surface area contributed by atoms with Crippen LogP contribution in [0.1, 0.15) is 55.8 Å². The van der Waals surface area contributed by atoms with E-state index in [-0.39, 0.29) is 11.3 Å². The second-order valence-electron chi connectivity index (χ2n) is 8.99. The summed E-state index contributed by atoms with van der Waals surface area (Å²) in [5.41, 5.74) is 2.55. The molecule has 176 valence electrons. The van der Waals surface area contributed by atoms with E-state index in [0.717, 1.165) is 12.0 Å². The molecule has 0 bridgehead atoms. The fourth-order valence-electron chi connectivity index (χ4n) is 3.94. The van der Waals surface area contributed by atoms with Gasteiger partial charge in [0.2, 0.25) is 0 Å². The Balaban J connectivity index is 2.10. The highest BCUT2D eigenvalue weighted by molar-refractivity contribution is 6.46. The molecule has 1 saturated heterocycles. The minimum absolute atomic E-state index is 0.115. The first-order chi connectivity index (χ1) is 15.7. The number of likely N-dealkylation sites (N-methyl/N-ethyl adjacent to an activating group) is 1. The van der Waals surface area contributed by atoms with Crippen LogP contribution < -0.4 is 4.74 Å². The fourth-order valence-corrected chi connectivity index (χ4v) is 3.94. The number of hydrogen-bond acceptors (Lipinski definition) is 5. The van der Waals surface area contributed by atoms with Crippen LogP contribution in [0.5, 0.6) is 5.75 Å². The third-order valence-electron chi connectivity index (χ3n) is 5.83. The minimum atomic E-state index is -0.663. The zero-order valence-electron chi connectivity index (χ0n) is 20.2. The molecule has 0 aliphatic carbocycles. The molecule has 0 saturated carbocycles. The number of hydrogen-bond donors (Lipinski definition) is 1. The Morgan fingerprint density at radius 3 is 2.42 bits per heavy atom. The van der Waals surface area contributed by atoms with Crippen LogP contribution in [0.25, 0.3) is 5.76 Å². The van der Waals surface area contributed by atoms with Gasteiger partial charge in [0.1, 0.15) is 11.5 Å². The molecule has 6 nitrogen and oxygen atoms in total. The molecule has 1 aliphatic heterocycles. The van der Waals surface area contributed by atoms with E-state index < -0.39 is 17.7 Å². The lowest BCUT2D eigenvalue weighted by atomic mass is 9.93. The van der Waals surface area contributed by atoms with E-state index in [9.17, 15) is 14.7 Å². The van der Waals surface area contributed by atoms with Crippen LogP contribution in [0.3, 0.4) is 0 Å². The highest BCUT2D eigenvalue weighted by Crippen LogP contribution is 2.40. The molecule has 3 rings (SSSR count). The monoisotopic (exact) mass is 450 g/mol. The number of aliphatic hydroxyl groups is 1. The average molecular weight is 451 g/mol. The summed E-state index contributed by atoms with van der Waals surface area (Å²) in [7, 11) is 3.84. The van der Waals surface area contributed by atoms with Gasteiger partial charge in [0.05, 0.1) is 18.2 Å². The Bertz CT molecular complexity index is 1020. The van der Waals surface area contributed by atoms with Crippen LogP contribution in [-0.2, 0) is 9.59 Å². The van der Waals surface area contributed by atoms with Gasteiger partial charge in [0.15, 0.2) is 0 Å². The van der Waals surface area contributed by atoms with Crippen LogP contribution >= 0.6 is 0 Å². The molecule has 1 heterocycles. The molecule has 1 unspecified atom stereocenters. The number of carbonyl (C=O) groups excluding carboxylic acids is 2. The zero-order valence-corrected chi connectivity index (χ0v) is 20.2. The van der Waals surface area contributed by atoms with Gasteiger partial charge in [0.25, 0.3) is 11.7 Å². The van der Waals surface area contributed by atoms with E-state index in [4.69, 9.17) is 4.74 Å². The van der Waals surface area contributed by atoms with Gasteiger partial charge in [-0.1, -0.05) is 57.2 Å². The van der Waals surface area contributed by atoms with Crippen molar-refractivity contribution in [3.05, 3.63) is 70.8 Å². The molecule has 1 amide bonds. The molecular formula is C27H34N2O4. The van der Waals surface area contributed by atoms with Crippen molar-refractivity contribution in [2.24, 2.45) is 0 Å². The van der Waals surface area contributed by atoms with Gasteiger partial charge in [0, 0.05) is 18.7 Å². The van der Waals surface area contributed by atoms with E-state index in [2.05, 4.69) is 13.8 Å². The van der Waals surface area contributed by atoms with Crippen LogP contribution in [0.15, 0.2) is 54.1 Å². The van der Waals surface area contributed by atoms with Crippen LogP contribution in [0.2, 0.25) is 0 Å². The Morgan fingerprint density at radius 2 is 1.82 bits per heavy atom. The number of nitrogens with zero attached hydrogens (tertiary/aromatic N) is 2. The SMILES string of the molecule is CCCOc1cccc(/C(O)=C2/C(=O)C(=O)N(CCN(C)C)C2c2ccc(C(C)C)cc2)c1. The molecule has 2 aromatic carbocycles. The summed E-state index contributed by atoms with van der Waals surface area (Å²) >= 11 is 0. The minimum Gasteiger partial charge on any atom is -0.507 e. The number of carbonyl (C=O) groups is 2. The Morgan fingerprint density at radius 1 is 1.12 bits per heavy atom. The van der Waals surface area contributed by atoms with Crippen LogP contribution in [-0.4, -0.2) is 60.4 Å². The second-order valence-corrected chi connectivity index (χ2v) is 8.99. The van der Waals surface area contributed by atoms with E-state index in [0.29, 0.717) is 36.9 Å². The summed E-state index contributed by atoms with van der Waals surface area (Å²) in [6.45, 7) is 7.79. The largest absolute Gasteiger partial charge is 0.507 e. The maximum absolute atomic E-state index is 13.1. The van der Waals surface area contributed by atoms with Crippen molar-refractivity contribution < 1.29 is 19.4 Å². The summed E-state index contributed by atoms with van der Waals surface area (Å²) in [5.74, 6) is -0.454. The first-order valence-corrected chi connectivity index (χ1v) is 11.5. The first kappa shape index (κ1) is 24.5. The standard InChI is InChI=1S/C27H34N2O4/c1-6-16-33-22-9-7-8-21(17-22)25(30)23-24(20-12-10-19(11-13-20)18(2)3)29(15-14-28(4)5)27(32)26(23)31/h7-13,17-18,24,30H,6,14-16H2,1-5H3/b25-23-. The van der Waals surface area contributed by atoms with E-state index in [1.165, 1.54) is 5.56 Å². The summed E-state index contributed by atoms with van der Waals surface area (Å²) < 4.78 is 5.69. The van der Waals surface area contributed by atoms with Gasteiger partial charge in [-0.3, -0.25) is 9.59 Å². The van der Waals surface area contributed by atoms with Gasteiger partial charge >= 0.3 is 0 Å². The van der Waals surface area contributed by atoms with Gasteiger partial charge in [-0.15, -0.1) is 0 Å². The third-order valence-corrected chi connectivity index (χ3v) is 5.83. The lowest BCUT2D eigenvalue weighted by Crippen LogP contribution is -2.35. The van der Waals surface area contributed by atoms with Crippen LogP contribution in [0.4, 0.5) is 0 Å². The normalized spacial score (nSPS) is 17.9. The maximum atomic E-state index is 13.1. The van der Waals surface area contributed by atoms with Crippen molar-refractivity contribution in [2.75, 3.05) is 33.8 Å². The van der Waals surface area contributed by atoms with Crippen LogP contribution in [0, 0.1) is 0 Å². The maximum Gasteiger partial charge on any atom is 0.295 e. The fraction of sp³-hybridized carbons (Fsp3) is 0.407. The number of likely N-dealkylation sites (tertiary alicyclic amines) is 1. The summed E-state index contributed by atoms with van der Waals surface area (Å²) in [6.07, 6.45) is 0.861. The molecule has 1 fully saturated rings. The Kier molecular flexibility index (Phi) is 7.92. The number of aliphatic hydroxyl groups excluding tert-OH is 1. The summed E-state index contributed by atoms with van der Waals surface area (Å²) in [6, 6.07) is 14.3. The summed E-state index contributed by atoms with van der Waals surface area (Å²) in [5, 5.41) is 11.2. The van der Waals surface area contributed by atoms with Crippen molar-refractivity contribution in [3.8, 4) is 5.75 Å². The topological polar surface area (TPSA) is 70.1 Å². The molecule has 33 heavy (non-hydrogen) atoms. The predicted octanol–water partition coefficient (Wildman–Crippen LogP) is 4.58. The predicted molar refractivity (Wildman–Crippen MR) is 130 cm³/mol. The van der Waals surface area contributed by atoms with Crippen molar-refractivity contribution in [2.45, 2.75) is 39.2 Å². The van der Waals surface area contributed by atoms with Crippen molar-refractivity contribution in [1.29, 1.82) is 0 Å². The van der Waals surface area contributed by atoms with E-state index >= 15 is 0 Å². The second kappa shape index (κ2) is 10.7. The number of ether oxygens (including phenoxy) is 1. The van der Waals surface area contributed by atoms with Gasteiger partial charge < -0.3 is 19.6 Å². The number of amides is 1. The Labute approximate surface area is 196 Å². The zero-order chi connectivity index (χ0) is 24.1. The highest BCUT2D eigenvalue weighted by Gasteiger charge is 2.45. The number of Topliss-reactive ketones (excluding diaryl/α,β-unsaturated/α-hetero) is 1.